The highest BCUT2D eigenvalue weighted by Gasteiger charge is 2.20. The Morgan fingerprint density at radius 2 is 2.00 bits per heavy atom. The molecule has 0 radical (unpaired) electrons. The lowest BCUT2D eigenvalue weighted by Crippen LogP contribution is -2.08. The molecule has 0 saturated carbocycles. The zero-order chi connectivity index (χ0) is 11.6. The van der Waals surface area contributed by atoms with E-state index in [1.165, 1.54) is 18.2 Å². The summed E-state index contributed by atoms with van der Waals surface area (Å²) in [5.74, 6) is -0.504. The number of aromatic hydroxyl groups is 1. The van der Waals surface area contributed by atoms with Crippen molar-refractivity contribution in [1.29, 1.82) is 0 Å². The van der Waals surface area contributed by atoms with Gasteiger partial charge in [-0.15, -0.1) is 0 Å². The van der Waals surface area contributed by atoms with Crippen molar-refractivity contribution in [2.45, 2.75) is 17.7 Å². The quantitative estimate of drug-likeness (QED) is 0.808. The first-order valence-corrected chi connectivity index (χ1v) is 6.40. The fraction of sp³-hybridized carbons (Fsp3) is 0.400. The second kappa shape index (κ2) is 4.20. The lowest BCUT2D eigenvalue weighted by Gasteiger charge is -2.14. The topological polar surface area (TPSA) is 74.6 Å². The van der Waals surface area contributed by atoms with Crippen molar-refractivity contribution >= 4 is 9.84 Å². The molecule has 0 aliphatic heterocycles. The van der Waals surface area contributed by atoms with Gasteiger partial charge in [0.1, 0.15) is 5.75 Å². The molecule has 0 spiro atoms. The summed E-state index contributed by atoms with van der Waals surface area (Å²) in [7, 11) is -3.38. The largest absolute Gasteiger partial charge is 0.508 e. The maximum Gasteiger partial charge on any atom is 0.175 e. The summed E-state index contributed by atoms with van der Waals surface area (Å²) in [5, 5.41) is 18.6. The van der Waals surface area contributed by atoms with E-state index in [9.17, 15) is 13.5 Å². The first-order chi connectivity index (χ1) is 6.88. The Balaban J connectivity index is 3.47. The van der Waals surface area contributed by atoms with E-state index < -0.39 is 15.8 Å². The molecule has 0 heterocycles. The van der Waals surface area contributed by atoms with Gasteiger partial charge in [0.25, 0.3) is 0 Å². The molecule has 0 saturated heterocycles. The zero-order valence-electron chi connectivity index (χ0n) is 8.64. The minimum absolute atomic E-state index is 0.0732. The van der Waals surface area contributed by atoms with Crippen molar-refractivity contribution in [3.8, 4) is 5.75 Å². The SMILES string of the molecule is CC(CO)c1c(O)cccc1S(C)(=O)=O. The molecule has 0 aromatic heterocycles. The van der Waals surface area contributed by atoms with Gasteiger partial charge in [-0.2, -0.15) is 0 Å². The average Bonchev–Trinajstić information content (AvgIpc) is 2.15. The second-order valence-corrected chi connectivity index (χ2v) is 5.53. The van der Waals surface area contributed by atoms with E-state index in [2.05, 4.69) is 0 Å². The number of benzene rings is 1. The zero-order valence-corrected chi connectivity index (χ0v) is 9.45. The van der Waals surface area contributed by atoms with E-state index in [1.807, 2.05) is 0 Å². The second-order valence-electron chi connectivity index (χ2n) is 3.54. The Kier molecular flexibility index (Phi) is 3.36. The van der Waals surface area contributed by atoms with E-state index in [4.69, 9.17) is 5.11 Å². The third-order valence-electron chi connectivity index (χ3n) is 2.21. The molecule has 0 bridgehead atoms. The van der Waals surface area contributed by atoms with Gasteiger partial charge in [0.2, 0.25) is 0 Å². The van der Waals surface area contributed by atoms with Gasteiger partial charge in [-0.1, -0.05) is 13.0 Å². The molecule has 1 unspecified atom stereocenters. The van der Waals surface area contributed by atoms with Crippen LogP contribution in [0.4, 0.5) is 0 Å². The predicted octanol–water partition coefficient (Wildman–Crippen LogP) is 0.892. The lowest BCUT2D eigenvalue weighted by atomic mass is 10.0. The monoisotopic (exact) mass is 230 g/mol. The smallest absolute Gasteiger partial charge is 0.175 e. The van der Waals surface area contributed by atoms with Crippen molar-refractivity contribution < 1.29 is 18.6 Å². The van der Waals surface area contributed by atoms with E-state index in [0.29, 0.717) is 0 Å². The van der Waals surface area contributed by atoms with Crippen LogP contribution in [-0.2, 0) is 9.84 Å². The van der Waals surface area contributed by atoms with Crippen LogP contribution in [0.3, 0.4) is 0 Å². The molecule has 2 N–H and O–H groups in total. The molecular formula is C10H14O4S. The van der Waals surface area contributed by atoms with Crippen LogP contribution in [0.25, 0.3) is 0 Å². The van der Waals surface area contributed by atoms with Crippen LogP contribution >= 0.6 is 0 Å². The van der Waals surface area contributed by atoms with E-state index in [1.54, 1.807) is 6.92 Å². The number of hydrogen-bond acceptors (Lipinski definition) is 4. The molecule has 4 nitrogen and oxygen atoms in total. The minimum Gasteiger partial charge on any atom is -0.508 e. The van der Waals surface area contributed by atoms with Crippen LogP contribution in [0.2, 0.25) is 0 Å². The summed E-state index contributed by atoms with van der Waals surface area (Å²) < 4.78 is 22.9. The molecule has 1 aromatic carbocycles. The molecule has 0 amide bonds. The van der Waals surface area contributed by atoms with Crippen LogP contribution in [0.1, 0.15) is 18.4 Å². The molecule has 1 aromatic rings. The molecule has 5 heteroatoms. The Morgan fingerprint density at radius 3 is 2.47 bits per heavy atom. The maximum absolute atomic E-state index is 11.4. The van der Waals surface area contributed by atoms with E-state index in [0.717, 1.165) is 6.26 Å². The van der Waals surface area contributed by atoms with Crippen LogP contribution < -0.4 is 0 Å². The van der Waals surface area contributed by atoms with Crippen LogP contribution in [0.5, 0.6) is 5.75 Å². The number of sulfone groups is 1. The van der Waals surface area contributed by atoms with Crippen molar-refractivity contribution in [2.75, 3.05) is 12.9 Å². The van der Waals surface area contributed by atoms with Crippen molar-refractivity contribution in [2.24, 2.45) is 0 Å². The normalized spacial score (nSPS) is 13.8. The standard InChI is InChI=1S/C10H14O4S/c1-7(6-11)10-8(12)4-3-5-9(10)15(2,13)14/h3-5,7,11-12H,6H2,1-2H3. The van der Waals surface area contributed by atoms with Crippen molar-refractivity contribution in [3.05, 3.63) is 23.8 Å². The van der Waals surface area contributed by atoms with Gasteiger partial charge in [-0.05, 0) is 12.1 Å². The van der Waals surface area contributed by atoms with E-state index in [-0.39, 0.29) is 22.8 Å². The summed E-state index contributed by atoms with van der Waals surface area (Å²) >= 11 is 0. The van der Waals surface area contributed by atoms with Gasteiger partial charge < -0.3 is 10.2 Å². The maximum atomic E-state index is 11.4. The Hall–Kier alpha value is -1.07. The summed E-state index contributed by atoms with van der Waals surface area (Å²) in [4.78, 5) is 0.0732. The highest BCUT2D eigenvalue weighted by molar-refractivity contribution is 7.90. The van der Waals surface area contributed by atoms with Gasteiger partial charge in [0.15, 0.2) is 9.84 Å². The van der Waals surface area contributed by atoms with Crippen molar-refractivity contribution in [1.82, 2.24) is 0 Å². The summed E-state index contributed by atoms with van der Waals surface area (Å²) in [5.41, 5.74) is 0.280. The van der Waals surface area contributed by atoms with Gasteiger partial charge >= 0.3 is 0 Å². The Bertz CT molecular complexity index is 450. The first kappa shape index (κ1) is 12.0. The highest BCUT2D eigenvalue weighted by Crippen LogP contribution is 2.31. The summed E-state index contributed by atoms with van der Waals surface area (Å²) in [6.45, 7) is 1.45. The number of aliphatic hydroxyl groups excluding tert-OH is 1. The molecule has 84 valence electrons. The van der Waals surface area contributed by atoms with Crippen LogP contribution in [-0.4, -0.2) is 31.5 Å². The molecule has 0 aliphatic carbocycles. The van der Waals surface area contributed by atoms with Crippen molar-refractivity contribution in [3.63, 3.8) is 0 Å². The van der Waals surface area contributed by atoms with Gasteiger partial charge in [0, 0.05) is 24.3 Å². The van der Waals surface area contributed by atoms with Gasteiger partial charge in [-0.3, -0.25) is 0 Å². The fourth-order valence-electron chi connectivity index (χ4n) is 1.44. The van der Waals surface area contributed by atoms with E-state index >= 15 is 0 Å². The average molecular weight is 230 g/mol. The fourth-order valence-corrected chi connectivity index (χ4v) is 2.47. The number of rotatable bonds is 3. The number of phenols is 1. The minimum atomic E-state index is -3.38. The molecule has 15 heavy (non-hydrogen) atoms. The summed E-state index contributed by atoms with van der Waals surface area (Å²) in [6, 6.07) is 4.31. The Morgan fingerprint density at radius 1 is 1.40 bits per heavy atom. The Labute approximate surface area is 89.1 Å². The van der Waals surface area contributed by atoms with Crippen LogP contribution in [0, 0.1) is 0 Å². The number of aliphatic hydroxyl groups is 1. The predicted molar refractivity (Wildman–Crippen MR) is 56.7 cm³/mol. The highest BCUT2D eigenvalue weighted by atomic mass is 32.2. The molecule has 0 aliphatic rings. The lowest BCUT2D eigenvalue weighted by molar-refractivity contribution is 0.269. The molecular weight excluding hydrogens is 216 g/mol. The van der Waals surface area contributed by atoms with Crippen LogP contribution in [0.15, 0.2) is 23.1 Å². The van der Waals surface area contributed by atoms with Gasteiger partial charge in [-0.25, -0.2) is 8.42 Å². The number of phenolic OH excluding ortho intramolecular Hbond substituents is 1. The first-order valence-electron chi connectivity index (χ1n) is 4.50. The third kappa shape index (κ3) is 2.49. The van der Waals surface area contributed by atoms with Gasteiger partial charge in [0.05, 0.1) is 4.90 Å². The molecule has 0 fully saturated rings. The molecule has 1 rings (SSSR count). The third-order valence-corrected chi connectivity index (χ3v) is 3.36. The number of hydrogen-bond donors (Lipinski definition) is 2. The summed E-state index contributed by atoms with van der Waals surface area (Å²) in [6.07, 6.45) is 1.08. The molecule has 1 atom stereocenters.